The number of nitrogens with one attached hydrogen (secondary N) is 1. The maximum atomic E-state index is 6.02. The molecule has 0 spiro atoms. The van der Waals surface area contributed by atoms with Gasteiger partial charge in [-0.2, -0.15) is 0 Å². The molecule has 0 bridgehead atoms. The molecule has 23 heavy (non-hydrogen) atoms. The molecule has 2 rings (SSSR count). The standard InChI is InChI=1S/C18H27N3O.HI/c1-14(2)12-20-18(19)21-13-15-8-10-17(11-9-15)22-16-6-4-3-5-7-16;/h8-11,16H,1,3-7,12-13H2,2H3,(H3,19,20,21);1H. The van der Waals surface area contributed by atoms with Crippen LogP contribution in [0.2, 0.25) is 0 Å². The van der Waals surface area contributed by atoms with Crippen molar-refractivity contribution in [3.63, 3.8) is 0 Å². The number of hydrogen-bond donors (Lipinski definition) is 2. The molecule has 1 aliphatic carbocycles. The third kappa shape index (κ3) is 7.72. The van der Waals surface area contributed by atoms with Crippen molar-refractivity contribution in [1.82, 2.24) is 5.32 Å². The molecule has 1 saturated carbocycles. The van der Waals surface area contributed by atoms with Gasteiger partial charge in [0.1, 0.15) is 5.75 Å². The Hall–Kier alpha value is -1.24. The first-order valence-electron chi connectivity index (χ1n) is 8.07. The summed E-state index contributed by atoms with van der Waals surface area (Å²) in [5, 5.41) is 3.02. The molecule has 1 aliphatic rings. The number of ether oxygens (including phenoxy) is 1. The normalized spacial score (nSPS) is 15.6. The van der Waals surface area contributed by atoms with Crippen LogP contribution < -0.4 is 15.8 Å². The lowest BCUT2D eigenvalue weighted by Gasteiger charge is -2.23. The Kier molecular flexibility index (Phi) is 9.06. The van der Waals surface area contributed by atoms with E-state index in [4.69, 9.17) is 10.5 Å². The molecule has 0 amide bonds. The molecule has 128 valence electrons. The molecule has 0 atom stereocenters. The molecule has 5 heteroatoms. The van der Waals surface area contributed by atoms with Crippen LogP contribution in [0.3, 0.4) is 0 Å². The van der Waals surface area contributed by atoms with Gasteiger partial charge < -0.3 is 15.8 Å². The van der Waals surface area contributed by atoms with Crippen LogP contribution in [0.4, 0.5) is 0 Å². The van der Waals surface area contributed by atoms with Crippen LogP contribution in [0.15, 0.2) is 41.4 Å². The van der Waals surface area contributed by atoms with E-state index in [1.54, 1.807) is 0 Å². The van der Waals surface area contributed by atoms with E-state index in [0.29, 0.717) is 25.2 Å². The molecular formula is C18H28IN3O. The number of halogens is 1. The van der Waals surface area contributed by atoms with E-state index in [1.165, 1.54) is 32.1 Å². The smallest absolute Gasteiger partial charge is 0.189 e. The maximum Gasteiger partial charge on any atom is 0.189 e. The Bertz CT molecular complexity index is 508. The summed E-state index contributed by atoms with van der Waals surface area (Å²) in [6, 6.07) is 8.15. The van der Waals surface area contributed by atoms with Crippen molar-refractivity contribution >= 4 is 29.9 Å². The van der Waals surface area contributed by atoms with Gasteiger partial charge in [0.2, 0.25) is 0 Å². The summed E-state index contributed by atoms with van der Waals surface area (Å²) in [5.41, 5.74) is 7.95. The van der Waals surface area contributed by atoms with Gasteiger partial charge in [-0.25, -0.2) is 4.99 Å². The number of benzene rings is 1. The van der Waals surface area contributed by atoms with Gasteiger partial charge in [-0.1, -0.05) is 30.7 Å². The zero-order chi connectivity index (χ0) is 15.8. The predicted octanol–water partition coefficient (Wildman–Crippen LogP) is 4.00. The largest absolute Gasteiger partial charge is 0.490 e. The highest BCUT2D eigenvalue weighted by Gasteiger charge is 2.14. The summed E-state index contributed by atoms with van der Waals surface area (Å²) in [6.07, 6.45) is 6.66. The molecule has 0 saturated heterocycles. The molecule has 0 radical (unpaired) electrons. The third-order valence-electron chi connectivity index (χ3n) is 3.78. The lowest BCUT2D eigenvalue weighted by atomic mass is 9.98. The van der Waals surface area contributed by atoms with Crippen LogP contribution in [0.5, 0.6) is 5.75 Å². The molecule has 0 aliphatic heterocycles. The zero-order valence-electron chi connectivity index (χ0n) is 13.9. The minimum atomic E-state index is 0. The first-order chi connectivity index (χ1) is 10.6. The predicted molar refractivity (Wildman–Crippen MR) is 108 cm³/mol. The van der Waals surface area contributed by atoms with E-state index >= 15 is 0 Å². The van der Waals surface area contributed by atoms with Crippen LogP contribution in [0, 0.1) is 0 Å². The first-order valence-corrected chi connectivity index (χ1v) is 8.07. The van der Waals surface area contributed by atoms with Crippen LogP contribution in [0.25, 0.3) is 0 Å². The van der Waals surface area contributed by atoms with E-state index in [-0.39, 0.29) is 24.0 Å². The molecule has 3 N–H and O–H groups in total. The lowest BCUT2D eigenvalue weighted by Crippen LogP contribution is -2.32. The summed E-state index contributed by atoms with van der Waals surface area (Å²) >= 11 is 0. The molecule has 0 unspecified atom stereocenters. The fourth-order valence-electron chi connectivity index (χ4n) is 2.52. The van der Waals surface area contributed by atoms with Crippen LogP contribution >= 0.6 is 24.0 Å². The maximum absolute atomic E-state index is 6.02. The van der Waals surface area contributed by atoms with E-state index in [2.05, 4.69) is 16.9 Å². The Labute approximate surface area is 156 Å². The van der Waals surface area contributed by atoms with Crippen molar-refractivity contribution in [1.29, 1.82) is 0 Å². The van der Waals surface area contributed by atoms with Crippen LogP contribution in [-0.2, 0) is 6.54 Å². The third-order valence-corrected chi connectivity index (χ3v) is 3.78. The summed E-state index contributed by atoms with van der Waals surface area (Å²) in [5.74, 6) is 1.40. The average Bonchev–Trinajstić information content (AvgIpc) is 2.53. The summed E-state index contributed by atoms with van der Waals surface area (Å²) in [6.45, 7) is 6.99. The highest BCUT2D eigenvalue weighted by atomic mass is 127. The van der Waals surface area contributed by atoms with Crippen molar-refractivity contribution < 1.29 is 4.74 Å². The SMILES string of the molecule is C=C(C)CNC(N)=NCc1ccc(OC2CCCCC2)cc1.I. The van der Waals surface area contributed by atoms with E-state index in [1.807, 2.05) is 31.2 Å². The van der Waals surface area contributed by atoms with Gasteiger partial charge in [-0.15, -0.1) is 24.0 Å². The van der Waals surface area contributed by atoms with Gasteiger partial charge >= 0.3 is 0 Å². The summed E-state index contributed by atoms with van der Waals surface area (Å²) in [4.78, 5) is 4.31. The second-order valence-electron chi connectivity index (χ2n) is 6.03. The Balaban J connectivity index is 0.00000264. The first kappa shape index (κ1) is 19.8. The van der Waals surface area contributed by atoms with Gasteiger partial charge in [0.05, 0.1) is 12.6 Å². The van der Waals surface area contributed by atoms with Gasteiger partial charge in [0.15, 0.2) is 5.96 Å². The molecule has 0 heterocycles. The minimum Gasteiger partial charge on any atom is -0.490 e. The number of nitrogens with zero attached hydrogens (tertiary/aromatic N) is 1. The lowest BCUT2D eigenvalue weighted by molar-refractivity contribution is 0.155. The van der Waals surface area contributed by atoms with Crippen LogP contribution in [0.1, 0.15) is 44.6 Å². The fourth-order valence-corrected chi connectivity index (χ4v) is 2.52. The Morgan fingerprint density at radius 2 is 1.91 bits per heavy atom. The van der Waals surface area contributed by atoms with Crippen LogP contribution in [-0.4, -0.2) is 18.6 Å². The second-order valence-corrected chi connectivity index (χ2v) is 6.03. The van der Waals surface area contributed by atoms with Crippen molar-refractivity contribution in [3.05, 3.63) is 42.0 Å². The van der Waals surface area contributed by atoms with Crippen molar-refractivity contribution in [2.75, 3.05) is 6.54 Å². The van der Waals surface area contributed by atoms with Gasteiger partial charge in [0.25, 0.3) is 0 Å². The average molecular weight is 429 g/mol. The highest BCUT2D eigenvalue weighted by molar-refractivity contribution is 14.0. The Morgan fingerprint density at radius 1 is 1.26 bits per heavy atom. The monoisotopic (exact) mass is 429 g/mol. The van der Waals surface area contributed by atoms with E-state index < -0.39 is 0 Å². The highest BCUT2D eigenvalue weighted by Crippen LogP contribution is 2.23. The summed E-state index contributed by atoms with van der Waals surface area (Å²) < 4.78 is 6.02. The minimum absolute atomic E-state index is 0. The number of rotatable bonds is 6. The fraction of sp³-hybridized carbons (Fsp3) is 0.500. The molecule has 1 aromatic rings. The topological polar surface area (TPSA) is 59.6 Å². The number of aliphatic imine (C=N–C) groups is 1. The molecule has 1 aromatic carbocycles. The Morgan fingerprint density at radius 3 is 2.52 bits per heavy atom. The molecule has 0 aromatic heterocycles. The van der Waals surface area contributed by atoms with Crippen molar-refractivity contribution in [2.45, 2.75) is 51.7 Å². The zero-order valence-corrected chi connectivity index (χ0v) is 16.2. The van der Waals surface area contributed by atoms with Gasteiger partial charge in [-0.3, -0.25) is 0 Å². The van der Waals surface area contributed by atoms with Crippen molar-refractivity contribution in [2.24, 2.45) is 10.7 Å². The number of guanidine groups is 1. The van der Waals surface area contributed by atoms with E-state index in [9.17, 15) is 0 Å². The molecule has 1 fully saturated rings. The number of hydrogen-bond acceptors (Lipinski definition) is 2. The van der Waals surface area contributed by atoms with Gasteiger partial charge in [-0.05, 0) is 50.3 Å². The summed E-state index contributed by atoms with van der Waals surface area (Å²) in [7, 11) is 0. The molecular weight excluding hydrogens is 401 g/mol. The molecule has 4 nitrogen and oxygen atoms in total. The van der Waals surface area contributed by atoms with Crippen molar-refractivity contribution in [3.8, 4) is 5.75 Å². The second kappa shape index (κ2) is 10.5. The quantitative estimate of drug-likeness (QED) is 0.311. The van der Waals surface area contributed by atoms with E-state index in [0.717, 1.165) is 16.9 Å². The number of nitrogens with two attached hydrogens (primary N) is 1. The van der Waals surface area contributed by atoms with Gasteiger partial charge in [0, 0.05) is 6.54 Å².